The number of nitrogens with zero attached hydrogens (tertiary/aromatic N) is 5. The number of fused-ring (bicyclic) bond motifs is 1. The van der Waals surface area contributed by atoms with Crippen LogP contribution in [0.5, 0.6) is 0 Å². The topological polar surface area (TPSA) is 118 Å². The van der Waals surface area contributed by atoms with Crippen molar-refractivity contribution in [2.75, 3.05) is 44.3 Å². The number of nitrogen functional groups attached to an aromatic ring is 1. The van der Waals surface area contributed by atoms with E-state index in [9.17, 15) is 4.79 Å². The highest BCUT2D eigenvalue weighted by Gasteiger charge is 2.29. The maximum Gasteiger partial charge on any atom is 0.316 e. The first-order chi connectivity index (χ1) is 16.0. The predicted molar refractivity (Wildman–Crippen MR) is 131 cm³/mol. The molecule has 0 unspecified atom stereocenters. The van der Waals surface area contributed by atoms with Crippen LogP contribution in [0.15, 0.2) is 36.8 Å². The Bertz CT molecular complexity index is 1130. The molecule has 2 fully saturated rings. The summed E-state index contributed by atoms with van der Waals surface area (Å²) in [7, 11) is 2.21. The predicted octanol–water partition coefficient (Wildman–Crippen LogP) is 2.90. The van der Waals surface area contributed by atoms with Crippen LogP contribution in [0.4, 0.5) is 16.3 Å². The minimum atomic E-state index is -0.579. The van der Waals surface area contributed by atoms with Crippen molar-refractivity contribution in [1.82, 2.24) is 24.3 Å². The molecule has 0 spiro atoms. The summed E-state index contributed by atoms with van der Waals surface area (Å²) in [6.45, 7) is 4.67. The minimum Gasteiger partial charge on any atom is -0.383 e. The van der Waals surface area contributed by atoms with Crippen LogP contribution < -0.4 is 16.8 Å². The highest BCUT2D eigenvalue weighted by Crippen LogP contribution is 2.39. The number of urea groups is 1. The number of aromatic nitrogens is 3. The molecule has 1 aliphatic carbocycles. The normalized spacial score (nSPS) is 22.5. The number of primary amides is 1. The van der Waals surface area contributed by atoms with E-state index in [-0.39, 0.29) is 0 Å². The number of carbonyl (C=O) groups excluding carboxylic acids is 1. The van der Waals surface area contributed by atoms with Crippen molar-refractivity contribution in [2.45, 2.75) is 37.8 Å². The molecule has 1 aromatic carbocycles. The van der Waals surface area contributed by atoms with E-state index in [1.165, 1.54) is 25.9 Å². The van der Waals surface area contributed by atoms with E-state index in [0.29, 0.717) is 23.6 Å². The molecule has 5 rings (SSSR count). The first-order valence-electron chi connectivity index (χ1n) is 11.7. The molecule has 3 heterocycles. The van der Waals surface area contributed by atoms with Gasteiger partial charge in [-0.2, -0.15) is 0 Å². The number of amides is 2. The summed E-state index contributed by atoms with van der Waals surface area (Å²) in [5, 5.41) is 3.48. The molecule has 1 saturated carbocycles. The lowest BCUT2D eigenvalue weighted by Gasteiger charge is -2.41. The van der Waals surface area contributed by atoms with Crippen LogP contribution in [-0.4, -0.2) is 69.6 Å². The third-order valence-electron chi connectivity index (χ3n) is 7.22. The summed E-state index contributed by atoms with van der Waals surface area (Å²) in [5.74, 6) is 0.485. The van der Waals surface area contributed by atoms with Gasteiger partial charge in [0, 0.05) is 55.7 Å². The molecule has 1 aliphatic heterocycles. The van der Waals surface area contributed by atoms with Crippen molar-refractivity contribution in [3.8, 4) is 11.1 Å². The highest BCUT2D eigenvalue weighted by atomic mass is 16.2. The fraction of sp³-hybridized carbons (Fsp3) is 0.458. The van der Waals surface area contributed by atoms with Crippen LogP contribution in [0, 0.1) is 0 Å². The molecule has 5 N–H and O–H groups in total. The molecule has 2 aliphatic rings. The zero-order valence-corrected chi connectivity index (χ0v) is 19.1. The summed E-state index contributed by atoms with van der Waals surface area (Å²) in [5.41, 5.74) is 15.1. The van der Waals surface area contributed by atoms with E-state index in [0.717, 1.165) is 48.1 Å². The number of hydrogen-bond donors (Lipinski definition) is 3. The van der Waals surface area contributed by atoms with Gasteiger partial charge in [0.25, 0.3) is 0 Å². The van der Waals surface area contributed by atoms with Crippen molar-refractivity contribution < 1.29 is 4.79 Å². The molecule has 0 radical (unpaired) electrons. The van der Waals surface area contributed by atoms with Gasteiger partial charge in [0.1, 0.15) is 17.8 Å². The minimum absolute atomic E-state index is 0.398. The van der Waals surface area contributed by atoms with E-state index in [1.807, 2.05) is 24.3 Å². The quantitative estimate of drug-likeness (QED) is 0.565. The third kappa shape index (κ3) is 4.38. The van der Waals surface area contributed by atoms with Gasteiger partial charge in [0.15, 0.2) is 0 Å². The Labute approximate surface area is 193 Å². The second kappa shape index (κ2) is 8.99. The molecule has 9 nitrogen and oxygen atoms in total. The summed E-state index contributed by atoms with van der Waals surface area (Å²) >= 11 is 0. The number of rotatable bonds is 4. The number of anilines is 2. The summed E-state index contributed by atoms with van der Waals surface area (Å²) < 4.78 is 2.30. The van der Waals surface area contributed by atoms with Gasteiger partial charge in [-0.25, -0.2) is 14.8 Å². The molecule has 0 atom stereocenters. The van der Waals surface area contributed by atoms with E-state index in [1.54, 1.807) is 6.33 Å². The Morgan fingerprint density at radius 3 is 2.33 bits per heavy atom. The molecule has 9 heteroatoms. The van der Waals surface area contributed by atoms with Crippen molar-refractivity contribution in [2.24, 2.45) is 5.73 Å². The number of piperazine rings is 1. The average molecular weight is 449 g/mol. The lowest BCUT2D eigenvalue weighted by atomic mass is 9.89. The van der Waals surface area contributed by atoms with Crippen molar-refractivity contribution in [1.29, 1.82) is 0 Å². The van der Waals surface area contributed by atoms with Gasteiger partial charge in [-0.05, 0) is 50.4 Å². The number of hydrogen-bond acceptors (Lipinski definition) is 6. The maximum atomic E-state index is 11.1. The maximum absolute atomic E-state index is 11.1. The first kappa shape index (κ1) is 21.7. The van der Waals surface area contributed by atoms with Crippen LogP contribution in [0.3, 0.4) is 0 Å². The second-order valence-corrected chi connectivity index (χ2v) is 9.28. The van der Waals surface area contributed by atoms with Crippen molar-refractivity contribution in [3.63, 3.8) is 0 Å². The van der Waals surface area contributed by atoms with E-state index < -0.39 is 6.03 Å². The lowest BCUT2D eigenvalue weighted by Crippen LogP contribution is -2.49. The molecule has 0 bridgehead atoms. The molecule has 2 aromatic heterocycles. The number of nitrogens with two attached hydrogens (primary N) is 2. The van der Waals surface area contributed by atoms with Crippen LogP contribution in [0.2, 0.25) is 0 Å². The number of likely N-dealkylation sites (N-methyl/N-ethyl adjacent to an activating group) is 1. The van der Waals surface area contributed by atoms with Gasteiger partial charge in [-0.3, -0.25) is 4.90 Å². The zero-order valence-electron chi connectivity index (χ0n) is 19.1. The molecule has 1 saturated heterocycles. The van der Waals surface area contributed by atoms with Gasteiger partial charge in [0.05, 0.1) is 5.39 Å². The summed E-state index contributed by atoms with van der Waals surface area (Å²) in [6.07, 6.45) is 8.40. The third-order valence-corrected chi connectivity index (χ3v) is 7.22. The van der Waals surface area contributed by atoms with Crippen LogP contribution in [-0.2, 0) is 0 Å². The Kier molecular flexibility index (Phi) is 5.90. The Hall–Kier alpha value is -3.17. The number of carbonyl (C=O) groups is 1. The van der Waals surface area contributed by atoms with Crippen LogP contribution >= 0.6 is 0 Å². The van der Waals surface area contributed by atoms with Gasteiger partial charge in [0.2, 0.25) is 0 Å². The molecule has 33 heavy (non-hydrogen) atoms. The van der Waals surface area contributed by atoms with Gasteiger partial charge < -0.3 is 26.3 Å². The number of benzene rings is 1. The van der Waals surface area contributed by atoms with Crippen LogP contribution in [0.25, 0.3) is 22.2 Å². The Balaban J connectivity index is 1.40. The van der Waals surface area contributed by atoms with E-state index in [4.69, 9.17) is 11.5 Å². The molecular weight excluding hydrogens is 416 g/mol. The Morgan fingerprint density at radius 2 is 1.67 bits per heavy atom. The van der Waals surface area contributed by atoms with Crippen LogP contribution in [0.1, 0.15) is 31.7 Å². The molecule has 3 aromatic rings. The van der Waals surface area contributed by atoms with Crippen molar-refractivity contribution in [3.05, 3.63) is 36.8 Å². The van der Waals surface area contributed by atoms with Gasteiger partial charge >= 0.3 is 6.03 Å². The lowest BCUT2D eigenvalue weighted by molar-refractivity contribution is 0.0828. The van der Waals surface area contributed by atoms with E-state index >= 15 is 0 Å². The van der Waals surface area contributed by atoms with E-state index in [2.05, 4.69) is 42.9 Å². The molecule has 174 valence electrons. The largest absolute Gasteiger partial charge is 0.383 e. The second-order valence-electron chi connectivity index (χ2n) is 9.28. The fourth-order valence-electron chi connectivity index (χ4n) is 5.37. The summed E-state index contributed by atoms with van der Waals surface area (Å²) in [4.78, 5) is 25.1. The average Bonchev–Trinajstić information content (AvgIpc) is 3.21. The smallest absolute Gasteiger partial charge is 0.316 e. The number of nitrogens with one attached hydrogen (secondary N) is 1. The van der Waals surface area contributed by atoms with Gasteiger partial charge in [-0.1, -0.05) is 12.1 Å². The highest BCUT2D eigenvalue weighted by molar-refractivity contribution is 6.01. The van der Waals surface area contributed by atoms with Crippen molar-refractivity contribution >= 4 is 28.6 Å². The monoisotopic (exact) mass is 448 g/mol. The SMILES string of the molecule is CN1CCN([C@H]2CC[C@H](n3cc(-c4ccc(NC(N)=O)cc4)c4c(N)ncnc43)CC2)CC1. The molecule has 2 amide bonds. The Morgan fingerprint density at radius 1 is 1.00 bits per heavy atom. The first-order valence-corrected chi connectivity index (χ1v) is 11.7. The summed E-state index contributed by atoms with van der Waals surface area (Å²) in [6, 6.07) is 8.09. The fourth-order valence-corrected chi connectivity index (χ4v) is 5.37. The molecular formula is C24H32N8O. The standard InChI is InChI=1S/C24H32N8O/c1-30-10-12-31(13-11-30)18-6-8-19(9-7-18)32-14-20(21-22(25)27-15-28-23(21)32)16-2-4-17(5-3-16)29-24(26)33/h2-5,14-15,18-19H,6-13H2,1H3,(H2,25,27,28)(H3,26,29,33)/t18-,19-. The zero-order chi connectivity index (χ0) is 22.9. The van der Waals surface area contributed by atoms with Gasteiger partial charge in [-0.15, -0.1) is 0 Å².